The molecule has 0 aromatic heterocycles. The van der Waals surface area contributed by atoms with Crippen molar-refractivity contribution in [2.75, 3.05) is 26.2 Å². The fraction of sp³-hybridized carbons (Fsp3) is 0.263. The van der Waals surface area contributed by atoms with Crippen LogP contribution in [-0.2, 0) is 6.54 Å². The Kier molecular flexibility index (Phi) is 4.70. The summed E-state index contributed by atoms with van der Waals surface area (Å²) in [7, 11) is 0. The molecule has 1 aliphatic heterocycles. The zero-order valence-corrected chi connectivity index (χ0v) is 13.0. The lowest BCUT2D eigenvalue weighted by molar-refractivity contribution is -0.917. The van der Waals surface area contributed by atoms with Gasteiger partial charge in [0.15, 0.2) is 0 Å². The van der Waals surface area contributed by atoms with Gasteiger partial charge in [-0.15, -0.1) is 0 Å². The van der Waals surface area contributed by atoms with Crippen molar-refractivity contribution in [1.29, 1.82) is 5.26 Å². The maximum Gasteiger partial charge on any atom is 0.254 e. The normalized spacial score (nSPS) is 15.2. The van der Waals surface area contributed by atoms with Crippen molar-refractivity contribution in [1.82, 2.24) is 4.90 Å². The van der Waals surface area contributed by atoms with E-state index in [4.69, 9.17) is 5.26 Å². The highest BCUT2D eigenvalue weighted by Crippen LogP contribution is 2.08. The highest BCUT2D eigenvalue weighted by Gasteiger charge is 2.24. The Labute approximate surface area is 136 Å². The molecule has 1 N–H and O–H groups in total. The number of rotatable bonds is 3. The van der Waals surface area contributed by atoms with Crippen LogP contribution in [0.15, 0.2) is 54.6 Å². The second-order valence-electron chi connectivity index (χ2n) is 5.90. The van der Waals surface area contributed by atoms with Crippen LogP contribution in [0.3, 0.4) is 0 Å². The van der Waals surface area contributed by atoms with Gasteiger partial charge in [-0.1, -0.05) is 36.4 Å². The zero-order valence-electron chi connectivity index (χ0n) is 13.0. The predicted octanol–water partition coefficient (Wildman–Crippen LogP) is 1.10. The first kappa shape index (κ1) is 15.3. The van der Waals surface area contributed by atoms with Gasteiger partial charge in [-0.05, 0) is 18.2 Å². The van der Waals surface area contributed by atoms with Crippen molar-refractivity contribution in [2.24, 2.45) is 0 Å². The summed E-state index contributed by atoms with van der Waals surface area (Å²) in [5, 5.41) is 8.95. The van der Waals surface area contributed by atoms with E-state index in [0.717, 1.165) is 32.7 Å². The number of nitrogens with one attached hydrogen (secondary N) is 1. The van der Waals surface area contributed by atoms with Crippen LogP contribution in [0.5, 0.6) is 0 Å². The van der Waals surface area contributed by atoms with Gasteiger partial charge in [0.1, 0.15) is 6.54 Å². The third-order valence-corrected chi connectivity index (χ3v) is 4.29. The van der Waals surface area contributed by atoms with E-state index >= 15 is 0 Å². The summed E-state index contributed by atoms with van der Waals surface area (Å²) < 4.78 is 0. The molecule has 1 heterocycles. The van der Waals surface area contributed by atoms with Crippen LogP contribution in [0.1, 0.15) is 21.5 Å². The van der Waals surface area contributed by atoms with E-state index in [1.165, 1.54) is 10.5 Å². The van der Waals surface area contributed by atoms with E-state index in [1.807, 2.05) is 11.0 Å². The lowest BCUT2D eigenvalue weighted by atomic mass is 10.1. The Morgan fingerprint density at radius 1 is 1.09 bits per heavy atom. The highest BCUT2D eigenvalue weighted by molar-refractivity contribution is 5.94. The number of amides is 1. The molecular weight excluding hydrogens is 286 g/mol. The molecule has 0 radical (unpaired) electrons. The number of nitrogens with zero attached hydrogens (tertiary/aromatic N) is 2. The van der Waals surface area contributed by atoms with Crippen molar-refractivity contribution < 1.29 is 9.69 Å². The second-order valence-corrected chi connectivity index (χ2v) is 5.90. The van der Waals surface area contributed by atoms with E-state index in [1.54, 1.807) is 24.3 Å². The summed E-state index contributed by atoms with van der Waals surface area (Å²) in [5.74, 6) is 0.0286. The van der Waals surface area contributed by atoms with Crippen molar-refractivity contribution in [2.45, 2.75) is 6.54 Å². The molecule has 2 aromatic carbocycles. The molecule has 1 fully saturated rings. The molecule has 3 rings (SSSR count). The first-order valence-electron chi connectivity index (χ1n) is 7.93. The summed E-state index contributed by atoms with van der Waals surface area (Å²) in [6.07, 6.45) is 0. The maximum absolute atomic E-state index is 12.5. The third kappa shape index (κ3) is 3.77. The van der Waals surface area contributed by atoms with Crippen molar-refractivity contribution in [3.05, 3.63) is 71.3 Å². The van der Waals surface area contributed by atoms with Crippen LogP contribution < -0.4 is 4.90 Å². The average molecular weight is 306 g/mol. The summed E-state index contributed by atoms with van der Waals surface area (Å²) >= 11 is 0. The molecule has 2 aromatic rings. The van der Waals surface area contributed by atoms with E-state index < -0.39 is 0 Å². The highest BCUT2D eigenvalue weighted by atomic mass is 16.2. The van der Waals surface area contributed by atoms with Crippen molar-refractivity contribution in [3.8, 4) is 6.07 Å². The first-order valence-corrected chi connectivity index (χ1v) is 7.93. The first-order chi connectivity index (χ1) is 11.3. The van der Waals surface area contributed by atoms with Crippen LogP contribution in [0.25, 0.3) is 0 Å². The molecular formula is C19H20N3O+. The Hall–Kier alpha value is -2.64. The number of hydrogen-bond donors (Lipinski definition) is 1. The monoisotopic (exact) mass is 306 g/mol. The second kappa shape index (κ2) is 7.08. The molecule has 0 unspecified atom stereocenters. The van der Waals surface area contributed by atoms with Gasteiger partial charge in [0.05, 0.1) is 37.8 Å². The van der Waals surface area contributed by atoms with Gasteiger partial charge in [-0.25, -0.2) is 0 Å². The van der Waals surface area contributed by atoms with Gasteiger partial charge in [-0.2, -0.15) is 5.26 Å². The Bertz CT molecular complexity index is 713. The number of nitriles is 1. The smallest absolute Gasteiger partial charge is 0.254 e. The minimum Gasteiger partial charge on any atom is -0.328 e. The van der Waals surface area contributed by atoms with Gasteiger partial charge in [0.2, 0.25) is 0 Å². The van der Waals surface area contributed by atoms with Crippen LogP contribution in [0, 0.1) is 11.3 Å². The number of hydrogen-bond acceptors (Lipinski definition) is 2. The predicted molar refractivity (Wildman–Crippen MR) is 87.9 cm³/mol. The molecule has 23 heavy (non-hydrogen) atoms. The quantitative estimate of drug-likeness (QED) is 0.923. The molecule has 4 nitrogen and oxygen atoms in total. The summed E-state index contributed by atoms with van der Waals surface area (Å²) in [4.78, 5) is 15.9. The molecule has 0 bridgehead atoms. The summed E-state index contributed by atoms with van der Waals surface area (Å²) in [6, 6.07) is 19.5. The molecule has 0 spiro atoms. The van der Waals surface area contributed by atoms with Gasteiger partial charge in [0, 0.05) is 11.1 Å². The number of carbonyl (C=O) groups is 1. The van der Waals surface area contributed by atoms with E-state index in [9.17, 15) is 4.79 Å². The standard InChI is InChI=1S/C19H19N3O/c20-14-17-7-4-8-18(13-17)19(23)22-11-9-21(10-12-22)15-16-5-2-1-3-6-16/h1-8,13H,9-12,15H2/p+1. The maximum atomic E-state index is 12.5. The minimum atomic E-state index is 0.0286. The largest absolute Gasteiger partial charge is 0.328 e. The lowest BCUT2D eigenvalue weighted by Gasteiger charge is -2.32. The van der Waals surface area contributed by atoms with Crippen molar-refractivity contribution >= 4 is 5.91 Å². The SMILES string of the molecule is N#Cc1cccc(C(=O)N2CC[NH+](Cc3ccccc3)CC2)c1. The summed E-state index contributed by atoms with van der Waals surface area (Å²) in [6.45, 7) is 4.44. The fourth-order valence-corrected chi connectivity index (χ4v) is 2.99. The molecule has 0 saturated carbocycles. The molecule has 1 aliphatic rings. The van der Waals surface area contributed by atoms with Crippen LogP contribution in [0.2, 0.25) is 0 Å². The topological polar surface area (TPSA) is 48.5 Å². The van der Waals surface area contributed by atoms with Crippen molar-refractivity contribution in [3.63, 3.8) is 0 Å². The minimum absolute atomic E-state index is 0.0286. The number of quaternary nitrogens is 1. The van der Waals surface area contributed by atoms with E-state index in [2.05, 4.69) is 30.3 Å². The van der Waals surface area contributed by atoms with Gasteiger partial charge in [-0.3, -0.25) is 4.79 Å². The molecule has 0 atom stereocenters. The molecule has 0 aliphatic carbocycles. The van der Waals surface area contributed by atoms with Gasteiger partial charge >= 0.3 is 0 Å². The van der Waals surface area contributed by atoms with Gasteiger partial charge in [0.25, 0.3) is 5.91 Å². The fourth-order valence-electron chi connectivity index (χ4n) is 2.99. The number of piperazine rings is 1. The number of carbonyl (C=O) groups excluding carboxylic acids is 1. The van der Waals surface area contributed by atoms with E-state index in [0.29, 0.717) is 11.1 Å². The zero-order chi connectivity index (χ0) is 16.1. The average Bonchev–Trinajstić information content (AvgIpc) is 2.63. The molecule has 4 heteroatoms. The Morgan fingerprint density at radius 2 is 1.83 bits per heavy atom. The van der Waals surface area contributed by atoms with Crippen LogP contribution in [-0.4, -0.2) is 37.0 Å². The Balaban J connectivity index is 1.58. The number of benzene rings is 2. The molecule has 1 saturated heterocycles. The van der Waals surface area contributed by atoms with Gasteiger partial charge < -0.3 is 9.80 Å². The van der Waals surface area contributed by atoms with E-state index in [-0.39, 0.29) is 5.91 Å². The summed E-state index contributed by atoms with van der Waals surface area (Å²) in [5.41, 5.74) is 2.48. The molecule has 1 amide bonds. The lowest BCUT2D eigenvalue weighted by Crippen LogP contribution is -3.13. The van der Waals surface area contributed by atoms with Crippen LogP contribution in [0.4, 0.5) is 0 Å². The Morgan fingerprint density at radius 3 is 2.52 bits per heavy atom. The molecule has 116 valence electrons. The van der Waals surface area contributed by atoms with Crippen LogP contribution >= 0.6 is 0 Å². The third-order valence-electron chi connectivity index (χ3n) is 4.29.